The Kier molecular flexibility index (Phi) is 7.62. The monoisotopic (exact) mass is 285 g/mol. The van der Waals surface area contributed by atoms with Crippen molar-refractivity contribution in [3.8, 4) is 0 Å². The molecule has 0 saturated heterocycles. The van der Waals surface area contributed by atoms with E-state index in [9.17, 15) is 0 Å². The fourth-order valence-corrected chi connectivity index (χ4v) is 1.93. The summed E-state index contributed by atoms with van der Waals surface area (Å²) in [6.45, 7) is 12.6. The first-order valence-corrected chi connectivity index (χ1v) is 7.55. The highest BCUT2D eigenvalue weighted by Crippen LogP contribution is 2.22. The molecule has 1 fully saturated rings. The largest absolute Gasteiger partial charge is 0.296 e. The van der Waals surface area contributed by atoms with E-state index in [-0.39, 0.29) is 0 Å². The van der Waals surface area contributed by atoms with Crippen LogP contribution in [0.4, 0.5) is 0 Å². The van der Waals surface area contributed by atoms with Crippen LogP contribution in [0.2, 0.25) is 0 Å². The third kappa shape index (κ3) is 6.05. The van der Waals surface area contributed by atoms with Gasteiger partial charge in [-0.05, 0) is 51.7 Å². The minimum Gasteiger partial charge on any atom is -0.296 e. The van der Waals surface area contributed by atoms with Gasteiger partial charge in [0.25, 0.3) is 0 Å². The number of hydrogen-bond acceptors (Lipinski definition) is 3. The van der Waals surface area contributed by atoms with Crippen molar-refractivity contribution in [3.63, 3.8) is 0 Å². The molecule has 0 heterocycles. The predicted molar refractivity (Wildman–Crippen MR) is 94.1 cm³/mol. The van der Waals surface area contributed by atoms with Crippen molar-refractivity contribution in [2.24, 2.45) is 9.98 Å². The van der Waals surface area contributed by atoms with E-state index in [0.717, 1.165) is 22.4 Å². The molecule has 1 aliphatic rings. The van der Waals surface area contributed by atoms with Gasteiger partial charge >= 0.3 is 0 Å². The zero-order valence-corrected chi connectivity index (χ0v) is 13.7. The molecule has 0 amide bonds. The Hall–Kier alpha value is -1.74. The molecule has 0 spiro atoms. The molecule has 0 unspecified atom stereocenters. The van der Waals surface area contributed by atoms with E-state index in [0.29, 0.717) is 12.7 Å². The van der Waals surface area contributed by atoms with Crippen molar-refractivity contribution in [2.75, 3.05) is 6.67 Å². The van der Waals surface area contributed by atoms with Gasteiger partial charge < -0.3 is 0 Å². The maximum atomic E-state index is 4.47. The lowest BCUT2D eigenvalue weighted by atomic mass is 10.0. The molecule has 1 N–H and O–H groups in total. The van der Waals surface area contributed by atoms with Crippen molar-refractivity contribution in [1.29, 1.82) is 0 Å². The van der Waals surface area contributed by atoms with Crippen LogP contribution in [0.25, 0.3) is 0 Å². The standard InChI is InChI=1S/C18H27N3/c1-6-9-17(18(14(4)5)20-8-3)15(7-2)12-19-13-21-16-10-11-16/h6-9,12,16,21H,4,10-11,13H2,1-3,5H3/b9-6-,15-7+,18-17-,19-12?,20-8?. The molecule has 1 aliphatic carbocycles. The van der Waals surface area contributed by atoms with E-state index in [1.165, 1.54) is 12.8 Å². The topological polar surface area (TPSA) is 36.8 Å². The Morgan fingerprint density at radius 1 is 1.29 bits per heavy atom. The van der Waals surface area contributed by atoms with Gasteiger partial charge in [-0.2, -0.15) is 0 Å². The fourth-order valence-electron chi connectivity index (χ4n) is 1.93. The van der Waals surface area contributed by atoms with E-state index in [1.54, 1.807) is 6.21 Å². The molecule has 0 bridgehead atoms. The summed E-state index contributed by atoms with van der Waals surface area (Å²) in [6, 6.07) is 0.678. The molecule has 0 atom stereocenters. The van der Waals surface area contributed by atoms with E-state index in [4.69, 9.17) is 0 Å². The third-order valence-corrected chi connectivity index (χ3v) is 3.15. The second kappa shape index (κ2) is 9.24. The maximum absolute atomic E-state index is 4.47. The average molecular weight is 285 g/mol. The number of rotatable bonds is 8. The zero-order chi connectivity index (χ0) is 15.7. The maximum Gasteiger partial charge on any atom is 0.0886 e. The van der Waals surface area contributed by atoms with Crippen molar-refractivity contribution in [1.82, 2.24) is 5.32 Å². The quantitative estimate of drug-likeness (QED) is 0.526. The minimum absolute atomic E-state index is 0.671. The van der Waals surface area contributed by atoms with Crippen LogP contribution in [0.1, 0.15) is 40.5 Å². The molecular weight excluding hydrogens is 258 g/mol. The van der Waals surface area contributed by atoms with Gasteiger partial charge in [0.1, 0.15) is 0 Å². The van der Waals surface area contributed by atoms with Crippen LogP contribution in [0, 0.1) is 0 Å². The van der Waals surface area contributed by atoms with Crippen LogP contribution in [0.3, 0.4) is 0 Å². The van der Waals surface area contributed by atoms with Crippen LogP contribution in [0.15, 0.2) is 57.2 Å². The lowest BCUT2D eigenvalue weighted by molar-refractivity contribution is 0.706. The van der Waals surface area contributed by atoms with Crippen LogP contribution in [-0.2, 0) is 0 Å². The Labute approximate surface area is 129 Å². The summed E-state index contributed by atoms with van der Waals surface area (Å²) in [5, 5.41) is 3.38. The second-order valence-electron chi connectivity index (χ2n) is 5.12. The van der Waals surface area contributed by atoms with E-state index in [2.05, 4.69) is 34.0 Å². The van der Waals surface area contributed by atoms with Gasteiger partial charge in [0, 0.05) is 24.0 Å². The van der Waals surface area contributed by atoms with E-state index in [1.807, 2.05) is 40.0 Å². The number of hydrogen-bond donors (Lipinski definition) is 1. The molecule has 0 aromatic carbocycles. The van der Waals surface area contributed by atoms with Crippen LogP contribution in [0.5, 0.6) is 0 Å². The molecule has 0 aromatic heterocycles. The van der Waals surface area contributed by atoms with Crippen molar-refractivity contribution in [3.05, 3.63) is 47.2 Å². The van der Waals surface area contributed by atoms with Gasteiger partial charge in [0.05, 0.1) is 12.4 Å². The first kappa shape index (κ1) is 17.3. The summed E-state index contributed by atoms with van der Waals surface area (Å²) in [5.74, 6) is 0. The van der Waals surface area contributed by atoms with Gasteiger partial charge in [-0.1, -0.05) is 24.8 Å². The van der Waals surface area contributed by atoms with Crippen molar-refractivity contribution >= 4 is 12.4 Å². The molecule has 1 rings (SSSR count). The highest BCUT2D eigenvalue weighted by molar-refractivity contribution is 5.87. The molecule has 3 heteroatoms. The van der Waals surface area contributed by atoms with Crippen molar-refractivity contribution in [2.45, 2.75) is 46.6 Å². The summed E-state index contributed by atoms with van der Waals surface area (Å²) >= 11 is 0. The SMILES string of the molecule is C=C(C)/C(N=CC)=C(\C=C/C)C(/C=NCNC1CC1)=C/C. The van der Waals surface area contributed by atoms with Gasteiger partial charge in [-0.15, -0.1) is 0 Å². The Bertz CT molecular complexity index is 501. The van der Waals surface area contributed by atoms with Gasteiger partial charge in [-0.25, -0.2) is 0 Å². The summed E-state index contributed by atoms with van der Waals surface area (Å²) in [7, 11) is 0. The molecule has 3 nitrogen and oxygen atoms in total. The highest BCUT2D eigenvalue weighted by atomic mass is 15.0. The molecule has 0 radical (unpaired) electrons. The number of nitrogens with zero attached hydrogens (tertiary/aromatic N) is 2. The molecular formula is C18H27N3. The average Bonchev–Trinajstić information content (AvgIpc) is 3.27. The Morgan fingerprint density at radius 2 is 2.00 bits per heavy atom. The Morgan fingerprint density at radius 3 is 2.48 bits per heavy atom. The summed E-state index contributed by atoms with van der Waals surface area (Å²) in [5.41, 5.74) is 3.98. The lowest BCUT2D eigenvalue weighted by Crippen LogP contribution is -2.15. The van der Waals surface area contributed by atoms with E-state index >= 15 is 0 Å². The summed E-state index contributed by atoms with van der Waals surface area (Å²) in [4.78, 5) is 8.94. The summed E-state index contributed by atoms with van der Waals surface area (Å²) < 4.78 is 0. The number of aliphatic imine (C=N–C) groups is 2. The number of allylic oxidation sites excluding steroid dienone is 6. The molecule has 1 saturated carbocycles. The predicted octanol–water partition coefficient (Wildman–Crippen LogP) is 4.21. The third-order valence-electron chi connectivity index (χ3n) is 3.15. The molecule has 21 heavy (non-hydrogen) atoms. The molecule has 0 aliphatic heterocycles. The van der Waals surface area contributed by atoms with Gasteiger partial charge in [0.2, 0.25) is 0 Å². The minimum atomic E-state index is 0.671. The van der Waals surface area contributed by atoms with Crippen LogP contribution < -0.4 is 5.32 Å². The fraction of sp³-hybridized carbons (Fsp3) is 0.444. The molecule has 0 aromatic rings. The normalized spacial score (nSPS) is 18.0. The van der Waals surface area contributed by atoms with E-state index < -0.39 is 0 Å². The smallest absolute Gasteiger partial charge is 0.0886 e. The number of nitrogens with one attached hydrogen (secondary N) is 1. The van der Waals surface area contributed by atoms with Crippen molar-refractivity contribution < 1.29 is 0 Å². The van der Waals surface area contributed by atoms with Crippen LogP contribution in [-0.4, -0.2) is 25.1 Å². The van der Waals surface area contributed by atoms with Gasteiger partial charge in [-0.3, -0.25) is 15.3 Å². The molecule has 114 valence electrons. The second-order valence-corrected chi connectivity index (χ2v) is 5.12. The summed E-state index contributed by atoms with van der Waals surface area (Å²) in [6.07, 6.45) is 12.4. The first-order chi connectivity index (χ1) is 10.1. The highest BCUT2D eigenvalue weighted by Gasteiger charge is 2.19. The lowest BCUT2D eigenvalue weighted by Gasteiger charge is -2.09. The van der Waals surface area contributed by atoms with Gasteiger partial charge in [0.15, 0.2) is 0 Å². The van der Waals surface area contributed by atoms with Crippen LogP contribution >= 0.6 is 0 Å². The zero-order valence-electron chi connectivity index (χ0n) is 13.7. The first-order valence-electron chi connectivity index (χ1n) is 7.55. The Balaban J connectivity index is 2.98.